The van der Waals surface area contributed by atoms with Gasteiger partial charge in [0.2, 0.25) is 0 Å². The number of amides is 1. The summed E-state index contributed by atoms with van der Waals surface area (Å²) in [7, 11) is 0. The highest BCUT2D eigenvalue weighted by atomic mass is 16.1. The van der Waals surface area contributed by atoms with Crippen LogP contribution in [0.4, 0.5) is 5.69 Å². The first-order valence-corrected chi connectivity index (χ1v) is 5.92. The molecule has 5 nitrogen and oxygen atoms in total. The number of pyridine rings is 1. The minimum atomic E-state index is -0.540. The molecular formula is C13H18N4O. The average Bonchev–Trinajstić information content (AvgIpc) is 2.34. The Morgan fingerprint density at radius 2 is 2.33 bits per heavy atom. The summed E-state index contributed by atoms with van der Waals surface area (Å²) in [6.45, 7) is 5.67. The first-order valence-electron chi connectivity index (χ1n) is 5.92. The lowest BCUT2D eigenvalue weighted by Gasteiger charge is -2.25. The average molecular weight is 246 g/mol. The molecule has 0 aliphatic rings. The molecule has 0 unspecified atom stereocenters. The number of nitriles is 1. The van der Waals surface area contributed by atoms with Crippen molar-refractivity contribution < 1.29 is 4.79 Å². The molecule has 1 amide bonds. The summed E-state index contributed by atoms with van der Waals surface area (Å²) >= 11 is 0. The highest BCUT2D eigenvalue weighted by Crippen LogP contribution is 2.16. The van der Waals surface area contributed by atoms with Crippen molar-refractivity contribution in [2.24, 2.45) is 11.7 Å². The van der Waals surface area contributed by atoms with Crippen LogP contribution in [-0.2, 0) is 0 Å². The van der Waals surface area contributed by atoms with Crippen LogP contribution in [0, 0.1) is 17.2 Å². The number of primary amides is 1. The van der Waals surface area contributed by atoms with Crippen LogP contribution >= 0.6 is 0 Å². The highest BCUT2D eigenvalue weighted by molar-refractivity contribution is 5.91. The molecule has 0 aliphatic heterocycles. The summed E-state index contributed by atoms with van der Waals surface area (Å²) in [5.74, 6) is -0.0736. The fourth-order valence-corrected chi connectivity index (χ4v) is 1.70. The van der Waals surface area contributed by atoms with Gasteiger partial charge in [0.25, 0.3) is 5.91 Å². The van der Waals surface area contributed by atoms with Crippen molar-refractivity contribution in [3.8, 4) is 6.07 Å². The second kappa shape index (κ2) is 6.60. The molecule has 1 rings (SSSR count). The normalized spacial score (nSPS) is 10.1. The molecule has 0 aromatic carbocycles. The maximum Gasteiger partial charge on any atom is 0.267 e. The van der Waals surface area contributed by atoms with Gasteiger partial charge in [0.15, 0.2) is 0 Å². The Morgan fingerprint density at radius 1 is 1.61 bits per heavy atom. The zero-order valence-electron chi connectivity index (χ0n) is 10.8. The zero-order chi connectivity index (χ0) is 13.5. The van der Waals surface area contributed by atoms with Crippen LogP contribution in [-0.4, -0.2) is 24.0 Å². The molecular weight excluding hydrogens is 228 g/mol. The first-order chi connectivity index (χ1) is 8.54. The minimum Gasteiger partial charge on any atom is -0.370 e. The van der Waals surface area contributed by atoms with Gasteiger partial charge in [-0.05, 0) is 18.1 Å². The number of nitrogens with zero attached hydrogens (tertiary/aromatic N) is 3. The van der Waals surface area contributed by atoms with Gasteiger partial charge in [-0.2, -0.15) is 5.26 Å². The zero-order valence-corrected chi connectivity index (χ0v) is 10.8. The van der Waals surface area contributed by atoms with E-state index in [0.29, 0.717) is 18.9 Å². The van der Waals surface area contributed by atoms with E-state index >= 15 is 0 Å². The van der Waals surface area contributed by atoms with Gasteiger partial charge in [0, 0.05) is 25.0 Å². The lowest BCUT2D eigenvalue weighted by molar-refractivity contribution is 0.0995. The Balaban J connectivity index is 2.93. The van der Waals surface area contributed by atoms with Crippen molar-refractivity contribution in [1.29, 1.82) is 5.26 Å². The van der Waals surface area contributed by atoms with Crippen molar-refractivity contribution in [3.63, 3.8) is 0 Å². The maximum absolute atomic E-state index is 11.1. The van der Waals surface area contributed by atoms with Gasteiger partial charge in [0.1, 0.15) is 5.69 Å². The Bertz CT molecular complexity index is 451. The third kappa shape index (κ3) is 4.06. The van der Waals surface area contributed by atoms with Gasteiger partial charge in [-0.25, -0.2) is 0 Å². The summed E-state index contributed by atoms with van der Waals surface area (Å²) in [6.07, 6.45) is 2.01. The van der Waals surface area contributed by atoms with Crippen molar-refractivity contribution in [2.45, 2.75) is 20.3 Å². The predicted octanol–water partition coefficient (Wildman–Crippen LogP) is 1.56. The number of carbonyl (C=O) groups excluding carboxylic acids is 1. The standard InChI is InChI=1S/C13H18N4O/c1-10(2)9-17(7-3-5-14)11-4-6-16-12(8-11)13(15)18/h4,6,8,10H,3,7,9H2,1-2H3,(H2,15,18). The smallest absolute Gasteiger partial charge is 0.267 e. The quantitative estimate of drug-likeness (QED) is 0.825. The topological polar surface area (TPSA) is 83.0 Å². The number of aromatic nitrogens is 1. The van der Waals surface area contributed by atoms with E-state index in [-0.39, 0.29) is 5.69 Å². The molecule has 0 atom stereocenters. The summed E-state index contributed by atoms with van der Waals surface area (Å²) in [5.41, 5.74) is 6.34. The predicted molar refractivity (Wildman–Crippen MR) is 70.0 cm³/mol. The minimum absolute atomic E-state index is 0.248. The molecule has 0 saturated carbocycles. The van der Waals surface area contributed by atoms with Gasteiger partial charge < -0.3 is 10.6 Å². The lowest BCUT2D eigenvalue weighted by Crippen LogP contribution is -2.29. The van der Waals surface area contributed by atoms with Crippen molar-refractivity contribution in [3.05, 3.63) is 24.0 Å². The molecule has 0 saturated heterocycles. The summed E-state index contributed by atoms with van der Waals surface area (Å²) in [4.78, 5) is 17.1. The third-order valence-electron chi connectivity index (χ3n) is 2.44. The Kier molecular flexibility index (Phi) is 5.12. The van der Waals surface area contributed by atoms with E-state index in [4.69, 9.17) is 11.0 Å². The van der Waals surface area contributed by atoms with Crippen molar-refractivity contribution >= 4 is 11.6 Å². The Morgan fingerprint density at radius 3 is 2.89 bits per heavy atom. The molecule has 0 fully saturated rings. The second-order valence-corrected chi connectivity index (χ2v) is 4.51. The van der Waals surface area contributed by atoms with Crippen LogP contribution in [0.1, 0.15) is 30.8 Å². The number of hydrogen-bond acceptors (Lipinski definition) is 4. The van der Waals surface area contributed by atoms with Gasteiger partial charge in [0.05, 0.1) is 12.5 Å². The molecule has 1 aromatic rings. The van der Waals surface area contributed by atoms with Crippen LogP contribution in [0.25, 0.3) is 0 Å². The molecule has 96 valence electrons. The first kappa shape index (κ1) is 14.0. The van der Waals surface area contributed by atoms with E-state index < -0.39 is 5.91 Å². The van der Waals surface area contributed by atoms with Crippen LogP contribution in [0.5, 0.6) is 0 Å². The van der Waals surface area contributed by atoms with Crippen molar-refractivity contribution in [2.75, 3.05) is 18.0 Å². The molecule has 0 bridgehead atoms. The van der Waals surface area contributed by atoms with Crippen LogP contribution in [0.2, 0.25) is 0 Å². The van der Waals surface area contributed by atoms with E-state index in [1.54, 1.807) is 12.3 Å². The Labute approximate surface area is 107 Å². The summed E-state index contributed by atoms with van der Waals surface area (Å²) in [5, 5.41) is 8.68. The molecule has 0 spiro atoms. The lowest BCUT2D eigenvalue weighted by atomic mass is 10.2. The van der Waals surface area contributed by atoms with Gasteiger partial charge in [-0.1, -0.05) is 13.8 Å². The van der Waals surface area contributed by atoms with E-state index in [0.717, 1.165) is 12.2 Å². The van der Waals surface area contributed by atoms with Gasteiger partial charge in [-0.3, -0.25) is 9.78 Å². The number of rotatable bonds is 6. The summed E-state index contributed by atoms with van der Waals surface area (Å²) < 4.78 is 0. The monoisotopic (exact) mass is 246 g/mol. The molecule has 0 radical (unpaired) electrons. The van der Waals surface area contributed by atoms with E-state index in [9.17, 15) is 4.79 Å². The largest absolute Gasteiger partial charge is 0.370 e. The molecule has 1 heterocycles. The van der Waals surface area contributed by atoms with Gasteiger partial charge in [-0.15, -0.1) is 0 Å². The molecule has 1 aromatic heterocycles. The molecule has 18 heavy (non-hydrogen) atoms. The SMILES string of the molecule is CC(C)CN(CCC#N)c1ccnc(C(N)=O)c1. The van der Waals surface area contributed by atoms with Crippen molar-refractivity contribution in [1.82, 2.24) is 4.98 Å². The number of hydrogen-bond donors (Lipinski definition) is 1. The molecule has 5 heteroatoms. The number of carbonyl (C=O) groups is 1. The van der Waals surface area contributed by atoms with E-state index in [2.05, 4.69) is 29.8 Å². The fourth-order valence-electron chi connectivity index (χ4n) is 1.70. The van der Waals surface area contributed by atoms with E-state index in [1.807, 2.05) is 6.07 Å². The Hall–Kier alpha value is -2.09. The number of nitrogens with two attached hydrogens (primary N) is 1. The van der Waals surface area contributed by atoms with Gasteiger partial charge >= 0.3 is 0 Å². The number of anilines is 1. The van der Waals surface area contributed by atoms with Crippen LogP contribution in [0.3, 0.4) is 0 Å². The maximum atomic E-state index is 11.1. The molecule has 2 N–H and O–H groups in total. The second-order valence-electron chi connectivity index (χ2n) is 4.51. The van der Waals surface area contributed by atoms with Crippen LogP contribution in [0.15, 0.2) is 18.3 Å². The third-order valence-corrected chi connectivity index (χ3v) is 2.44. The highest BCUT2D eigenvalue weighted by Gasteiger charge is 2.11. The van der Waals surface area contributed by atoms with Crippen LogP contribution < -0.4 is 10.6 Å². The summed E-state index contributed by atoms with van der Waals surface area (Å²) in [6, 6.07) is 5.62. The fraction of sp³-hybridized carbons (Fsp3) is 0.462. The molecule has 0 aliphatic carbocycles. The van der Waals surface area contributed by atoms with E-state index in [1.165, 1.54) is 0 Å².